The first-order chi connectivity index (χ1) is 20.9. The van der Waals surface area contributed by atoms with Crippen molar-refractivity contribution < 1.29 is 13.9 Å². The van der Waals surface area contributed by atoms with Crippen LogP contribution < -0.4 is 9.47 Å². The number of ether oxygens (including phenoxy) is 2. The van der Waals surface area contributed by atoms with E-state index in [4.69, 9.17) is 13.9 Å². The van der Waals surface area contributed by atoms with Crippen molar-refractivity contribution in [1.29, 1.82) is 0 Å². The first-order valence-corrected chi connectivity index (χ1v) is 18.3. The summed E-state index contributed by atoms with van der Waals surface area (Å²) >= 11 is 2.59. The summed E-state index contributed by atoms with van der Waals surface area (Å²) in [6, 6.07) is 8.68. The molecule has 1 aliphatic rings. The lowest BCUT2D eigenvalue weighted by Gasteiger charge is -2.25. The molecule has 0 saturated heterocycles. The minimum atomic E-state index is 0.335. The summed E-state index contributed by atoms with van der Waals surface area (Å²) in [4.78, 5) is 0. The van der Waals surface area contributed by atoms with E-state index in [1.165, 1.54) is 80.1 Å². The molecule has 2 unspecified atom stereocenters. The van der Waals surface area contributed by atoms with Gasteiger partial charge in [0.2, 0.25) is 0 Å². The van der Waals surface area contributed by atoms with Gasteiger partial charge in [0, 0.05) is 9.50 Å². The first-order valence-electron chi connectivity index (χ1n) is 17.1. The van der Waals surface area contributed by atoms with Crippen molar-refractivity contribution in [3.8, 4) is 11.5 Å². The summed E-state index contributed by atoms with van der Waals surface area (Å²) in [6.07, 6.45) is 24.3. The summed E-state index contributed by atoms with van der Waals surface area (Å²) in [5, 5.41) is 0. The van der Waals surface area contributed by atoms with Crippen LogP contribution in [0.4, 0.5) is 0 Å². The van der Waals surface area contributed by atoms with Gasteiger partial charge < -0.3 is 13.9 Å². The molecule has 0 fully saturated rings. The molecule has 2 atom stereocenters. The lowest BCUT2D eigenvalue weighted by atomic mass is 9.82. The molecule has 0 N–H and O–H groups in total. The number of furan rings is 1. The molecule has 1 aliphatic carbocycles. The number of rotatable bonds is 19. The van der Waals surface area contributed by atoms with Crippen LogP contribution in [0.3, 0.4) is 0 Å². The summed E-state index contributed by atoms with van der Waals surface area (Å²) in [5.41, 5.74) is 6.45. The summed E-state index contributed by atoms with van der Waals surface area (Å²) in [5.74, 6) is 3.91. The van der Waals surface area contributed by atoms with Gasteiger partial charge in [0.1, 0.15) is 11.5 Å². The SMILES string of the molecule is CCCCCCCCCCCOc1cc2c(cc1OC)C(/C(=C/CC(I)CC)CCC)=C\C(c1ccc(C)o1)=C\CC2C. The Kier molecular flexibility index (Phi) is 16.1. The van der Waals surface area contributed by atoms with E-state index in [0.29, 0.717) is 9.84 Å². The van der Waals surface area contributed by atoms with Crippen LogP contribution >= 0.6 is 22.6 Å². The van der Waals surface area contributed by atoms with Crippen LogP contribution in [0, 0.1) is 6.92 Å². The number of hydrogen-bond acceptors (Lipinski definition) is 3. The van der Waals surface area contributed by atoms with Crippen molar-refractivity contribution in [1.82, 2.24) is 0 Å². The Morgan fingerprint density at radius 1 is 0.977 bits per heavy atom. The fourth-order valence-electron chi connectivity index (χ4n) is 5.89. The van der Waals surface area contributed by atoms with Crippen LogP contribution in [0.1, 0.15) is 146 Å². The van der Waals surface area contributed by atoms with Gasteiger partial charge in [0.25, 0.3) is 0 Å². The predicted molar refractivity (Wildman–Crippen MR) is 194 cm³/mol. The van der Waals surface area contributed by atoms with Crippen molar-refractivity contribution >= 4 is 33.7 Å². The summed E-state index contributed by atoms with van der Waals surface area (Å²) < 4.78 is 19.2. The highest BCUT2D eigenvalue weighted by Gasteiger charge is 2.23. The van der Waals surface area contributed by atoms with E-state index >= 15 is 0 Å². The zero-order valence-corrected chi connectivity index (χ0v) is 30.1. The number of hydrogen-bond donors (Lipinski definition) is 0. The number of methoxy groups -OCH3 is 1. The van der Waals surface area contributed by atoms with Crippen molar-refractivity contribution in [2.45, 2.75) is 134 Å². The van der Waals surface area contributed by atoms with E-state index < -0.39 is 0 Å². The molecule has 43 heavy (non-hydrogen) atoms. The lowest BCUT2D eigenvalue weighted by molar-refractivity contribution is 0.284. The third-order valence-electron chi connectivity index (χ3n) is 8.61. The molecule has 4 heteroatoms. The molecule has 238 valence electrons. The molecule has 0 bridgehead atoms. The molecule has 3 nitrogen and oxygen atoms in total. The predicted octanol–water partition coefficient (Wildman–Crippen LogP) is 12.8. The molecule has 3 rings (SSSR count). The summed E-state index contributed by atoms with van der Waals surface area (Å²) in [6.45, 7) is 11.9. The number of fused-ring (bicyclic) bond motifs is 1. The van der Waals surface area contributed by atoms with E-state index in [1.807, 2.05) is 6.92 Å². The van der Waals surface area contributed by atoms with Crippen LogP contribution in [0.5, 0.6) is 11.5 Å². The molecule has 0 amide bonds. The lowest BCUT2D eigenvalue weighted by Crippen LogP contribution is -2.07. The quantitative estimate of drug-likeness (QED) is 0.0831. The molecule has 1 aromatic carbocycles. The Morgan fingerprint density at radius 3 is 2.33 bits per heavy atom. The van der Waals surface area contributed by atoms with Crippen LogP contribution in [-0.2, 0) is 0 Å². The standard InChI is InChI=1S/C39H57IO3/c1-7-10-11-12-13-14-15-16-17-25-42-39-27-34-29(4)19-21-32(37-24-20-30(5)43-37)26-35(36(34)28-38(39)41-6)31(18-8-2)22-23-33(40)9-3/h20-22,24,26-29,33H,7-19,23,25H2,1-6H3/b31-22+,32-21-,35-26-. The summed E-state index contributed by atoms with van der Waals surface area (Å²) in [7, 11) is 1.77. The Morgan fingerprint density at radius 2 is 1.70 bits per heavy atom. The zero-order valence-electron chi connectivity index (χ0n) is 27.9. The third-order valence-corrected chi connectivity index (χ3v) is 10.00. The largest absolute Gasteiger partial charge is 0.493 e. The number of benzene rings is 1. The van der Waals surface area contributed by atoms with Gasteiger partial charge >= 0.3 is 0 Å². The van der Waals surface area contributed by atoms with E-state index in [1.54, 1.807) is 7.11 Å². The highest BCUT2D eigenvalue weighted by atomic mass is 127. The van der Waals surface area contributed by atoms with E-state index in [9.17, 15) is 0 Å². The number of aryl methyl sites for hydroxylation is 1. The smallest absolute Gasteiger partial charge is 0.161 e. The van der Waals surface area contributed by atoms with Crippen molar-refractivity contribution in [3.63, 3.8) is 0 Å². The second kappa shape index (κ2) is 19.4. The highest BCUT2D eigenvalue weighted by molar-refractivity contribution is 14.1. The second-order valence-corrected chi connectivity index (χ2v) is 14.0. The molecule has 0 aliphatic heterocycles. The van der Waals surface area contributed by atoms with Crippen LogP contribution in [-0.4, -0.2) is 17.6 Å². The average molecular weight is 701 g/mol. The van der Waals surface area contributed by atoms with Crippen LogP contribution in [0.15, 0.2) is 52.5 Å². The monoisotopic (exact) mass is 700 g/mol. The fraction of sp³-hybridized carbons (Fsp3) is 0.590. The number of halogens is 1. The Balaban J connectivity index is 1.90. The van der Waals surface area contributed by atoms with Gasteiger partial charge in [-0.05, 0) is 97.6 Å². The average Bonchev–Trinajstić information content (AvgIpc) is 3.45. The van der Waals surface area contributed by atoms with Gasteiger partial charge in [0.05, 0.1) is 13.7 Å². The maximum Gasteiger partial charge on any atom is 0.161 e. The third kappa shape index (κ3) is 11.2. The van der Waals surface area contributed by atoms with Gasteiger partial charge in [-0.1, -0.05) is 120 Å². The molecule has 0 saturated carbocycles. The zero-order chi connectivity index (χ0) is 31.0. The normalized spacial score (nSPS) is 18.6. The van der Waals surface area contributed by atoms with Crippen molar-refractivity contribution in [3.05, 3.63) is 70.7 Å². The number of allylic oxidation sites excluding steroid dienone is 6. The van der Waals surface area contributed by atoms with Gasteiger partial charge in [-0.25, -0.2) is 0 Å². The minimum absolute atomic E-state index is 0.335. The Labute approximate surface area is 276 Å². The first kappa shape index (κ1) is 35.5. The maximum atomic E-state index is 6.41. The fourth-order valence-corrected chi connectivity index (χ4v) is 6.14. The molecule has 0 radical (unpaired) electrons. The minimum Gasteiger partial charge on any atom is -0.493 e. The number of unbranched alkanes of at least 4 members (excludes halogenated alkanes) is 8. The molecular weight excluding hydrogens is 643 g/mol. The number of alkyl halides is 1. The second-order valence-electron chi connectivity index (χ2n) is 12.3. The maximum absolute atomic E-state index is 6.41. The van der Waals surface area contributed by atoms with E-state index in [0.717, 1.165) is 67.3 Å². The van der Waals surface area contributed by atoms with Crippen molar-refractivity contribution in [2.75, 3.05) is 13.7 Å². The van der Waals surface area contributed by atoms with Gasteiger partial charge in [-0.15, -0.1) is 0 Å². The molecule has 1 heterocycles. The van der Waals surface area contributed by atoms with E-state index in [2.05, 4.69) is 92.8 Å². The van der Waals surface area contributed by atoms with Gasteiger partial charge in [-0.3, -0.25) is 0 Å². The van der Waals surface area contributed by atoms with Gasteiger partial charge in [-0.2, -0.15) is 0 Å². The Hall–Kier alpha value is -1.95. The molecular formula is C39H57IO3. The topological polar surface area (TPSA) is 31.6 Å². The van der Waals surface area contributed by atoms with E-state index in [-0.39, 0.29) is 0 Å². The molecule has 1 aromatic heterocycles. The van der Waals surface area contributed by atoms with Crippen molar-refractivity contribution in [2.24, 2.45) is 0 Å². The Bertz CT molecular complexity index is 1200. The molecule has 2 aromatic rings. The van der Waals surface area contributed by atoms with Crippen LogP contribution in [0.2, 0.25) is 0 Å². The molecule has 0 spiro atoms. The van der Waals surface area contributed by atoms with Crippen LogP contribution in [0.25, 0.3) is 11.1 Å². The van der Waals surface area contributed by atoms with Gasteiger partial charge in [0.15, 0.2) is 11.5 Å². The highest BCUT2D eigenvalue weighted by Crippen LogP contribution is 2.44.